The minimum Gasteiger partial charge on any atom is -0.352 e. The maximum atomic E-state index is 13.0. The van der Waals surface area contributed by atoms with Crippen molar-refractivity contribution in [3.63, 3.8) is 0 Å². The number of carbonyl (C=O) groups is 1. The summed E-state index contributed by atoms with van der Waals surface area (Å²) in [7, 11) is 0. The van der Waals surface area contributed by atoms with Gasteiger partial charge in [0.1, 0.15) is 5.82 Å². The molecule has 0 aliphatic heterocycles. The molecule has 0 saturated carbocycles. The molecule has 0 unspecified atom stereocenters. The summed E-state index contributed by atoms with van der Waals surface area (Å²) in [6, 6.07) is 2.62. The van der Waals surface area contributed by atoms with Crippen LogP contribution >= 0.6 is 0 Å². The van der Waals surface area contributed by atoms with E-state index in [-0.39, 0.29) is 17.8 Å². The Morgan fingerprint density at radius 2 is 2.17 bits per heavy atom. The number of nitro benzene ring substituents is 1. The molecule has 8 heteroatoms. The number of nitro groups is 1. The number of halogens is 1. The van der Waals surface area contributed by atoms with E-state index >= 15 is 0 Å². The van der Waals surface area contributed by atoms with Gasteiger partial charge in [-0.15, -0.1) is 0 Å². The molecule has 0 heterocycles. The number of rotatable bonds is 6. The van der Waals surface area contributed by atoms with Crippen molar-refractivity contribution in [2.75, 3.05) is 13.1 Å². The van der Waals surface area contributed by atoms with Crippen LogP contribution < -0.4 is 16.4 Å². The van der Waals surface area contributed by atoms with Crippen molar-refractivity contribution in [2.24, 2.45) is 5.73 Å². The van der Waals surface area contributed by atoms with E-state index in [1.165, 1.54) is 0 Å². The first-order valence-corrected chi connectivity index (χ1v) is 5.17. The van der Waals surface area contributed by atoms with Crippen molar-refractivity contribution in [3.8, 4) is 0 Å². The summed E-state index contributed by atoms with van der Waals surface area (Å²) >= 11 is 0. The van der Waals surface area contributed by atoms with Crippen LogP contribution in [0.25, 0.3) is 0 Å². The number of primary amides is 1. The largest absolute Gasteiger partial charge is 0.352 e. The molecular formula is C10H13FN4O3. The predicted molar refractivity (Wildman–Crippen MR) is 62.3 cm³/mol. The van der Waals surface area contributed by atoms with Crippen LogP contribution in [0.5, 0.6) is 0 Å². The van der Waals surface area contributed by atoms with Crippen LogP contribution in [0.15, 0.2) is 18.2 Å². The quantitative estimate of drug-likeness (QED) is 0.391. The van der Waals surface area contributed by atoms with Crippen molar-refractivity contribution in [3.05, 3.63) is 39.7 Å². The molecule has 7 nitrogen and oxygen atoms in total. The van der Waals surface area contributed by atoms with Crippen molar-refractivity contribution in [1.82, 2.24) is 10.6 Å². The molecular weight excluding hydrogens is 243 g/mol. The van der Waals surface area contributed by atoms with Gasteiger partial charge in [0.05, 0.1) is 4.92 Å². The van der Waals surface area contributed by atoms with Gasteiger partial charge in [-0.05, 0) is 12.1 Å². The summed E-state index contributed by atoms with van der Waals surface area (Å²) in [6.45, 7) is 0.795. The minimum atomic E-state index is -0.645. The van der Waals surface area contributed by atoms with Gasteiger partial charge in [0, 0.05) is 31.3 Å². The van der Waals surface area contributed by atoms with Crippen molar-refractivity contribution >= 4 is 11.7 Å². The fourth-order valence-corrected chi connectivity index (χ4v) is 1.37. The zero-order valence-corrected chi connectivity index (χ0v) is 9.48. The van der Waals surface area contributed by atoms with E-state index in [1.54, 1.807) is 0 Å². The van der Waals surface area contributed by atoms with E-state index in [1.807, 2.05) is 0 Å². The molecule has 0 atom stereocenters. The first kappa shape index (κ1) is 13.8. The molecule has 98 valence electrons. The molecule has 1 aromatic carbocycles. The smallest absolute Gasteiger partial charge is 0.312 e. The Morgan fingerprint density at radius 3 is 2.78 bits per heavy atom. The van der Waals surface area contributed by atoms with Crippen LogP contribution in [0.1, 0.15) is 5.56 Å². The Balaban J connectivity index is 2.53. The number of hydrogen-bond acceptors (Lipinski definition) is 4. The fraction of sp³-hybridized carbons (Fsp3) is 0.300. The molecule has 0 radical (unpaired) electrons. The van der Waals surface area contributed by atoms with Gasteiger partial charge >= 0.3 is 6.03 Å². The number of nitrogens with zero attached hydrogens (tertiary/aromatic N) is 1. The van der Waals surface area contributed by atoms with Gasteiger partial charge in [-0.2, -0.15) is 0 Å². The molecule has 2 amide bonds. The van der Waals surface area contributed by atoms with E-state index in [4.69, 9.17) is 5.73 Å². The first-order valence-electron chi connectivity index (χ1n) is 5.17. The zero-order valence-electron chi connectivity index (χ0n) is 9.48. The summed E-state index contributed by atoms with van der Waals surface area (Å²) in [5.74, 6) is -0.535. The fourth-order valence-electron chi connectivity index (χ4n) is 1.37. The molecule has 0 aromatic heterocycles. The Hall–Kier alpha value is -2.22. The van der Waals surface area contributed by atoms with Crippen molar-refractivity contribution < 1.29 is 14.1 Å². The van der Waals surface area contributed by atoms with E-state index in [2.05, 4.69) is 10.6 Å². The van der Waals surface area contributed by atoms with Crippen molar-refractivity contribution in [2.45, 2.75) is 6.54 Å². The molecule has 0 aliphatic rings. The maximum Gasteiger partial charge on any atom is 0.312 e. The lowest BCUT2D eigenvalue weighted by molar-refractivity contribution is -0.385. The highest BCUT2D eigenvalue weighted by Crippen LogP contribution is 2.18. The number of amides is 2. The van der Waals surface area contributed by atoms with Gasteiger partial charge in [-0.3, -0.25) is 10.1 Å². The molecule has 0 bridgehead atoms. The molecule has 0 aliphatic carbocycles. The van der Waals surface area contributed by atoms with Crippen LogP contribution in [-0.4, -0.2) is 24.0 Å². The number of benzene rings is 1. The highest BCUT2D eigenvalue weighted by Gasteiger charge is 2.13. The summed E-state index contributed by atoms with van der Waals surface area (Å²) in [5.41, 5.74) is 4.96. The number of carbonyl (C=O) groups excluding carboxylic acids is 1. The monoisotopic (exact) mass is 256 g/mol. The summed E-state index contributed by atoms with van der Waals surface area (Å²) in [5, 5.41) is 15.9. The van der Waals surface area contributed by atoms with Crippen LogP contribution in [0, 0.1) is 15.9 Å². The summed E-state index contributed by atoms with van der Waals surface area (Å²) in [6.07, 6.45) is 0. The van der Waals surface area contributed by atoms with Gasteiger partial charge in [-0.1, -0.05) is 0 Å². The number of nitrogens with one attached hydrogen (secondary N) is 2. The molecule has 18 heavy (non-hydrogen) atoms. The van der Waals surface area contributed by atoms with E-state index < -0.39 is 16.8 Å². The molecule has 0 fully saturated rings. The average molecular weight is 256 g/mol. The lowest BCUT2D eigenvalue weighted by atomic mass is 10.1. The van der Waals surface area contributed by atoms with Gasteiger partial charge in [-0.25, -0.2) is 9.18 Å². The molecule has 1 rings (SSSR count). The second kappa shape index (κ2) is 6.50. The third kappa shape index (κ3) is 4.34. The Labute approximate surface area is 102 Å². The normalized spacial score (nSPS) is 10.1. The zero-order chi connectivity index (χ0) is 13.5. The van der Waals surface area contributed by atoms with E-state index in [9.17, 15) is 19.3 Å². The highest BCUT2D eigenvalue weighted by atomic mass is 19.1. The Bertz CT molecular complexity index is 453. The first-order chi connectivity index (χ1) is 8.50. The summed E-state index contributed by atoms with van der Waals surface area (Å²) < 4.78 is 13.0. The maximum absolute atomic E-state index is 13.0. The van der Waals surface area contributed by atoms with E-state index in [0.29, 0.717) is 13.1 Å². The van der Waals surface area contributed by atoms with Gasteiger partial charge in [0.2, 0.25) is 0 Å². The SMILES string of the molecule is NC(=O)NCCNCc1cc(F)ccc1[N+](=O)[O-]. The second-order valence-electron chi connectivity index (χ2n) is 3.50. The lowest BCUT2D eigenvalue weighted by Gasteiger charge is -2.06. The molecule has 1 aromatic rings. The number of hydrogen-bond donors (Lipinski definition) is 3. The average Bonchev–Trinajstić information content (AvgIpc) is 2.27. The van der Waals surface area contributed by atoms with Crippen LogP contribution in [0.2, 0.25) is 0 Å². The molecule has 0 saturated heterocycles. The lowest BCUT2D eigenvalue weighted by Crippen LogP contribution is -2.35. The van der Waals surface area contributed by atoms with Crippen LogP contribution in [-0.2, 0) is 6.54 Å². The second-order valence-corrected chi connectivity index (χ2v) is 3.50. The predicted octanol–water partition coefficient (Wildman–Crippen LogP) is 0.492. The summed E-state index contributed by atoms with van der Waals surface area (Å²) in [4.78, 5) is 20.5. The third-order valence-electron chi connectivity index (χ3n) is 2.15. The highest BCUT2D eigenvalue weighted by molar-refractivity contribution is 5.71. The van der Waals surface area contributed by atoms with Gasteiger partial charge in [0.25, 0.3) is 5.69 Å². The van der Waals surface area contributed by atoms with Gasteiger partial charge < -0.3 is 16.4 Å². The minimum absolute atomic E-state index is 0.133. The molecule has 4 N–H and O–H groups in total. The Morgan fingerprint density at radius 1 is 1.44 bits per heavy atom. The molecule has 0 spiro atoms. The number of nitrogens with two attached hydrogens (primary N) is 1. The van der Waals surface area contributed by atoms with Crippen molar-refractivity contribution in [1.29, 1.82) is 0 Å². The third-order valence-corrected chi connectivity index (χ3v) is 2.15. The standard InChI is InChI=1S/C10H13FN4O3/c11-8-1-2-9(15(17)18)7(5-8)6-13-3-4-14-10(12)16/h1-2,5,13H,3-4,6H2,(H3,12,14,16). The van der Waals surface area contributed by atoms with E-state index in [0.717, 1.165) is 18.2 Å². The Kier molecular flexibility index (Phi) is 5.00. The number of urea groups is 1. The van der Waals surface area contributed by atoms with Crippen LogP contribution in [0.4, 0.5) is 14.9 Å². The van der Waals surface area contributed by atoms with Crippen LogP contribution in [0.3, 0.4) is 0 Å². The van der Waals surface area contributed by atoms with Gasteiger partial charge in [0.15, 0.2) is 0 Å². The topological polar surface area (TPSA) is 110 Å².